The van der Waals surface area contributed by atoms with Gasteiger partial charge >= 0.3 is 5.97 Å². The molecule has 0 atom stereocenters. The molecule has 0 bridgehead atoms. The Morgan fingerprint density at radius 1 is 1.12 bits per heavy atom. The number of carbonyl (C=O) groups excluding carboxylic acids is 1. The predicted molar refractivity (Wildman–Crippen MR) is 97.6 cm³/mol. The topological polar surface area (TPSA) is 75.6 Å². The molecule has 0 radical (unpaired) electrons. The smallest absolute Gasteiger partial charge is 0.335 e. The molecule has 0 aliphatic carbocycles. The number of carboxylic acids is 1. The molecule has 0 aliphatic rings. The maximum Gasteiger partial charge on any atom is 0.335 e. The van der Waals surface area contributed by atoms with Gasteiger partial charge in [-0.15, -0.1) is 11.3 Å². The van der Waals surface area contributed by atoms with Crippen molar-refractivity contribution in [3.8, 4) is 16.2 Å². The van der Waals surface area contributed by atoms with Crippen molar-refractivity contribution in [3.63, 3.8) is 0 Å². The van der Waals surface area contributed by atoms with E-state index in [1.165, 1.54) is 18.4 Å². The first-order valence-corrected chi connectivity index (χ1v) is 8.38. The molecule has 26 heavy (non-hydrogen) atoms. The molecule has 0 saturated carbocycles. The summed E-state index contributed by atoms with van der Waals surface area (Å²) in [6.07, 6.45) is 0. The highest BCUT2D eigenvalue weighted by Crippen LogP contribution is 2.36. The summed E-state index contributed by atoms with van der Waals surface area (Å²) in [6, 6.07) is 14.4. The maximum atomic E-state index is 13.9. The van der Waals surface area contributed by atoms with Crippen LogP contribution in [-0.4, -0.2) is 24.1 Å². The van der Waals surface area contributed by atoms with E-state index in [-0.39, 0.29) is 16.1 Å². The van der Waals surface area contributed by atoms with Crippen molar-refractivity contribution in [1.82, 2.24) is 0 Å². The molecule has 0 unspecified atom stereocenters. The van der Waals surface area contributed by atoms with E-state index in [0.29, 0.717) is 5.75 Å². The van der Waals surface area contributed by atoms with Gasteiger partial charge in [0.05, 0.1) is 18.4 Å². The molecule has 1 aromatic heterocycles. The Morgan fingerprint density at radius 3 is 2.50 bits per heavy atom. The van der Waals surface area contributed by atoms with E-state index in [1.54, 1.807) is 6.07 Å². The monoisotopic (exact) mass is 371 g/mol. The van der Waals surface area contributed by atoms with E-state index >= 15 is 0 Å². The molecule has 3 rings (SSSR count). The van der Waals surface area contributed by atoms with Crippen molar-refractivity contribution in [2.45, 2.75) is 0 Å². The second kappa shape index (κ2) is 7.37. The van der Waals surface area contributed by atoms with Crippen molar-refractivity contribution >= 4 is 28.9 Å². The van der Waals surface area contributed by atoms with E-state index in [1.807, 2.05) is 30.3 Å². The molecule has 2 aromatic carbocycles. The number of hydrogen-bond donors (Lipinski definition) is 2. The Labute approximate surface area is 152 Å². The number of carbonyl (C=O) groups is 2. The molecule has 7 heteroatoms. The lowest BCUT2D eigenvalue weighted by molar-refractivity contribution is 0.0696. The number of amides is 1. The number of rotatable bonds is 5. The van der Waals surface area contributed by atoms with Crippen LogP contribution in [0.4, 0.5) is 10.1 Å². The number of hydrogen-bond acceptors (Lipinski definition) is 4. The summed E-state index contributed by atoms with van der Waals surface area (Å²) in [7, 11) is 1.44. The molecular formula is C19H14FNO4S. The lowest BCUT2D eigenvalue weighted by Gasteiger charge is -2.07. The molecule has 3 aromatic rings. The molecule has 5 nitrogen and oxygen atoms in total. The summed E-state index contributed by atoms with van der Waals surface area (Å²) >= 11 is 1.21. The van der Waals surface area contributed by atoms with Crippen LogP contribution in [0.5, 0.6) is 5.75 Å². The van der Waals surface area contributed by atoms with Gasteiger partial charge in [0, 0.05) is 4.88 Å². The van der Waals surface area contributed by atoms with Crippen molar-refractivity contribution in [1.29, 1.82) is 0 Å². The summed E-state index contributed by atoms with van der Waals surface area (Å²) in [5, 5.41) is 11.4. The van der Waals surface area contributed by atoms with Gasteiger partial charge in [-0.3, -0.25) is 4.79 Å². The normalized spacial score (nSPS) is 10.4. The van der Waals surface area contributed by atoms with Gasteiger partial charge in [0.25, 0.3) is 5.91 Å². The van der Waals surface area contributed by atoms with Crippen LogP contribution in [0.15, 0.2) is 54.6 Å². The number of benzene rings is 2. The van der Waals surface area contributed by atoms with Gasteiger partial charge in [-0.05, 0) is 29.8 Å². The van der Waals surface area contributed by atoms with Crippen LogP contribution in [0.25, 0.3) is 10.4 Å². The molecule has 2 N–H and O–H groups in total. The first-order valence-electron chi connectivity index (χ1n) is 7.57. The largest absolute Gasteiger partial charge is 0.495 e. The summed E-state index contributed by atoms with van der Waals surface area (Å²) < 4.78 is 19.2. The second-order valence-electron chi connectivity index (χ2n) is 5.33. The standard InChI is InChI=1S/C19H14FNO4S/c1-25-15-10-16(11-5-3-2-4-6-11)26-17(15)18(22)21-14-9-12(19(23)24)7-8-13(14)20/h2-10H,1H3,(H,21,22)(H,23,24). The van der Waals surface area contributed by atoms with Crippen LogP contribution in [0.2, 0.25) is 0 Å². The zero-order valence-corrected chi connectivity index (χ0v) is 14.5. The SMILES string of the molecule is COc1cc(-c2ccccc2)sc1C(=O)Nc1cc(C(=O)O)ccc1F. The highest BCUT2D eigenvalue weighted by Gasteiger charge is 2.20. The van der Waals surface area contributed by atoms with Gasteiger partial charge in [-0.25, -0.2) is 9.18 Å². The average Bonchev–Trinajstić information content (AvgIpc) is 3.08. The Kier molecular flexibility index (Phi) is 4.99. The van der Waals surface area contributed by atoms with Crippen molar-refractivity contribution in [2.75, 3.05) is 12.4 Å². The van der Waals surface area contributed by atoms with Crippen LogP contribution >= 0.6 is 11.3 Å². The first-order chi connectivity index (χ1) is 12.5. The molecular weight excluding hydrogens is 357 g/mol. The number of methoxy groups -OCH3 is 1. The predicted octanol–water partition coefficient (Wildman–Crippen LogP) is 4.51. The van der Waals surface area contributed by atoms with E-state index in [4.69, 9.17) is 9.84 Å². The molecule has 0 aliphatic heterocycles. The minimum absolute atomic E-state index is 0.121. The number of carboxylic acid groups (broad SMARTS) is 1. The number of ether oxygens (including phenoxy) is 1. The minimum atomic E-state index is -1.21. The fourth-order valence-electron chi connectivity index (χ4n) is 2.36. The van der Waals surface area contributed by atoms with Crippen LogP contribution in [0, 0.1) is 5.82 Å². The minimum Gasteiger partial charge on any atom is -0.495 e. The Balaban J connectivity index is 1.92. The Hall–Kier alpha value is -3.19. The lowest BCUT2D eigenvalue weighted by atomic mass is 10.2. The van der Waals surface area contributed by atoms with Crippen molar-refractivity contribution in [3.05, 3.63) is 70.9 Å². The first kappa shape index (κ1) is 17.6. The molecule has 0 saturated heterocycles. The fraction of sp³-hybridized carbons (Fsp3) is 0.0526. The molecule has 1 heterocycles. The van der Waals surface area contributed by atoms with E-state index in [9.17, 15) is 14.0 Å². The molecule has 132 valence electrons. The third kappa shape index (κ3) is 3.57. The number of nitrogens with one attached hydrogen (secondary N) is 1. The number of halogens is 1. The number of aromatic carboxylic acids is 1. The quantitative estimate of drug-likeness (QED) is 0.692. The lowest BCUT2D eigenvalue weighted by Crippen LogP contribution is -2.13. The molecule has 1 amide bonds. The van der Waals surface area contributed by atoms with Gasteiger partial charge in [-0.2, -0.15) is 0 Å². The highest BCUT2D eigenvalue weighted by atomic mass is 32.1. The zero-order chi connectivity index (χ0) is 18.7. The van der Waals surface area contributed by atoms with Crippen molar-refractivity contribution in [2.24, 2.45) is 0 Å². The van der Waals surface area contributed by atoms with Gasteiger partial charge < -0.3 is 15.2 Å². The van der Waals surface area contributed by atoms with Crippen LogP contribution < -0.4 is 10.1 Å². The summed E-state index contributed by atoms with van der Waals surface area (Å²) in [5.74, 6) is -2.14. The zero-order valence-electron chi connectivity index (χ0n) is 13.7. The summed E-state index contributed by atoms with van der Waals surface area (Å²) in [6.45, 7) is 0. The van der Waals surface area contributed by atoms with Gasteiger partial charge in [0.15, 0.2) is 0 Å². The number of anilines is 1. The van der Waals surface area contributed by atoms with Gasteiger partial charge in [0.1, 0.15) is 16.4 Å². The van der Waals surface area contributed by atoms with E-state index in [0.717, 1.165) is 28.6 Å². The summed E-state index contributed by atoms with van der Waals surface area (Å²) in [5.41, 5.74) is 0.602. The number of thiophene rings is 1. The molecule has 0 spiro atoms. The van der Waals surface area contributed by atoms with E-state index < -0.39 is 17.7 Å². The average molecular weight is 371 g/mol. The van der Waals surface area contributed by atoms with E-state index in [2.05, 4.69) is 5.32 Å². The van der Waals surface area contributed by atoms with Gasteiger partial charge in [0.2, 0.25) is 0 Å². The van der Waals surface area contributed by atoms with Crippen LogP contribution in [0.3, 0.4) is 0 Å². The Bertz CT molecular complexity index is 969. The second-order valence-corrected chi connectivity index (χ2v) is 6.38. The van der Waals surface area contributed by atoms with Crippen molar-refractivity contribution < 1.29 is 23.8 Å². The van der Waals surface area contributed by atoms with Crippen LogP contribution in [-0.2, 0) is 0 Å². The molecule has 0 fully saturated rings. The van der Waals surface area contributed by atoms with Gasteiger partial charge in [-0.1, -0.05) is 30.3 Å². The summed E-state index contributed by atoms with van der Waals surface area (Å²) in [4.78, 5) is 24.7. The third-order valence-corrected chi connectivity index (χ3v) is 4.81. The van der Waals surface area contributed by atoms with Crippen LogP contribution in [0.1, 0.15) is 20.0 Å². The highest BCUT2D eigenvalue weighted by molar-refractivity contribution is 7.17. The third-order valence-electron chi connectivity index (χ3n) is 3.64. The fourth-order valence-corrected chi connectivity index (χ4v) is 3.39. The maximum absolute atomic E-state index is 13.9. The Morgan fingerprint density at radius 2 is 1.85 bits per heavy atom.